The van der Waals surface area contributed by atoms with Crippen LogP contribution in [0.4, 0.5) is 0 Å². The van der Waals surface area contributed by atoms with Crippen LogP contribution in [0.2, 0.25) is 0 Å². The highest BCUT2D eigenvalue weighted by molar-refractivity contribution is 7.15. The van der Waals surface area contributed by atoms with Crippen molar-refractivity contribution in [2.45, 2.75) is 19.9 Å². The number of hydrogen-bond acceptors (Lipinski definition) is 3. The molecule has 0 saturated carbocycles. The van der Waals surface area contributed by atoms with Gasteiger partial charge in [-0.05, 0) is 31.5 Å². The molecule has 0 spiro atoms. The molecule has 21 heavy (non-hydrogen) atoms. The van der Waals surface area contributed by atoms with Gasteiger partial charge in [0.2, 0.25) is 0 Å². The van der Waals surface area contributed by atoms with Crippen LogP contribution in [0.25, 0.3) is 21.3 Å². The first-order valence-corrected chi connectivity index (χ1v) is 8.18. The van der Waals surface area contributed by atoms with Crippen molar-refractivity contribution in [1.29, 1.82) is 0 Å². The molecule has 0 atom stereocenters. The number of aromatic nitrogens is 2. The van der Waals surface area contributed by atoms with Gasteiger partial charge in [0.1, 0.15) is 5.69 Å². The highest BCUT2D eigenvalue weighted by atomic mass is 35.5. The van der Waals surface area contributed by atoms with Gasteiger partial charge in [-0.1, -0.05) is 18.2 Å². The highest BCUT2D eigenvalue weighted by Gasteiger charge is 2.13. The van der Waals surface area contributed by atoms with Gasteiger partial charge in [-0.2, -0.15) is 5.10 Å². The van der Waals surface area contributed by atoms with E-state index in [4.69, 9.17) is 11.6 Å². The Morgan fingerprint density at radius 3 is 2.62 bits per heavy atom. The third kappa shape index (κ3) is 2.74. The maximum Gasteiger partial charge on any atom is 0.274 e. The van der Waals surface area contributed by atoms with Crippen LogP contribution in [0, 0.1) is 6.92 Å². The molecule has 0 fully saturated rings. The molecule has 2 heterocycles. The minimum Gasteiger partial charge on any atom is -0.267 e. The molecule has 0 bridgehead atoms. The summed E-state index contributed by atoms with van der Waals surface area (Å²) in [6, 6.07) is 11.8. The maximum absolute atomic E-state index is 12.5. The molecule has 1 aromatic carbocycles. The minimum absolute atomic E-state index is 0.0484. The second kappa shape index (κ2) is 6.00. The highest BCUT2D eigenvalue weighted by Crippen LogP contribution is 2.30. The molecule has 3 nitrogen and oxygen atoms in total. The first-order valence-electron chi connectivity index (χ1n) is 6.83. The van der Waals surface area contributed by atoms with Gasteiger partial charge in [-0.15, -0.1) is 22.9 Å². The lowest BCUT2D eigenvalue weighted by molar-refractivity contribution is 0.579. The van der Waals surface area contributed by atoms with Crippen LogP contribution in [0.15, 0.2) is 41.2 Å². The Kier molecular flexibility index (Phi) is 4.08. The molecule has 0 N–H and O–H groups in total. The Hall–Kier alpha value is -1.65. The summed E-state index contributed by atoms with van der Waals surface area (Å²) in [5.41, 5.74) is 0.825. The summed E-state index contributed by atoms with van der Waals surface area (Å²) in [4.78, 5) is 14.8. The summed E-state index contributed by atoms with van der Waals surface area (Å²) < 4.78 is 1.54. The van der Waals surface area contributed by atoms with Crippen LogP contribution in [0.5, 0.6) is 0 Å². The van der Waals surface area contributed by atoms with E-state index >= 15 is 0 Å². The number of rotatable bonds is 4. The summed E-state index contributed by atoms with van der Waals surface area (Å²) in [5, 5.41) is 6.20. The molecule has 0 radical (unpaired) electrons. The maximum atomic E-state index is 12.5. The van der Waals surface area contributed by atoms with E-state index in [0.29, 0.717) is 17.8 Å². The zero-order valence-corrected chi connectivity index (χ0v) is 13.2. The number of thiophene rings is 1. The van der Waals surface area contributed by atoms with E-state index in [1.54, 1.807) is 11.3 Å². The molecule has 2 aromatic heterocycles. The third-order valence-electron chi connectivity index (χ3n) is 3.35. The summed E-state index contributed by atoms with van der Waals surface area (Å²) in [6.07, 6.45) is 0.732. The Bertz CT molecular complexity index is 838. The SMILES string of the molecule is Cc1ccc(-c2nn(CCCCl)c(=O)c3ccccc23)s1. The van der Waals surface area contributed by atoms with E-state index in [1.165, 1.54) is 9.56 Å². The fourth-order valence-corrected chi connectivity index (χ4v) is 3.33. The number of hydrogen-bond donors (Lipinski definition) is 0. The molecule has 0 aliphatic rings. The quantitative estimate of drug-likeness (QED) is 0.680. The number of alkyl halides is 1. The third-order valence-corrected chi connectivity index (χ3v) is 4.62. The molecule has 0 unspecified atom stereocenters. The number of nitrogens with zero attached hydrogens (tertiary/aromatic N) is 2. The van der Waals surface area contributed by atoms with Crippen LogP contribution >= 0.6 is 22.9 Å². The van der Waals surface area contributed by atoms with Crippen LogP contribution < -0.4 is 5.56 Å². The molecule has 5 heteroatoms. The van der Waals surface area contributed by atoms with Gasteiger partial charge in [0.05, 0.1) is 10.3 Å². The molecule has 0 aliphatic heterocycles. The van der Waals surface area contributed by atoms with Crippen molar-refractivity contribution >= 4 is 33.7 Å². The van der Waals surface area contributed by atoms with Gasteiger partial charge in [0, 0.05) is 22.7 Å². The van der Waals surface area contributed by atoms with Gasteiger partial charge >= 0.3 is 0 Å². The van der Waals surface area contributed by atoms with E-state index in [0.717, 1.165) is 22.4 Å². The molecule has 108 valence electrons. The predicted molar refractivity (Wildman–Crippen MR) is 89.4 cm³/mol. The first-order chi connectivity index (χ1) is 10.2. The molecule has 0 aliphatic carbocycles. The van der Waals surface area contributed by atoms with E-state index in [9.17, 15) is 4.79 Å². The second-order valence-corrected chi connectivity index (χ2v) is 6.54. The zero-order valence-electron chi connectivity index (χ0n) is 11.7. The molecular formula is C16H15ClN2OS. The Balaban J connectivity index is 2.27. The lowest BCUT2D eigenvalue weighted by atomic mass is 10.1. The summed E-state index contributed by atoms with van der Waals surface area (Å²) >= 11 is 7.43. The van der Waals surface area contributed by atoms with Crippen molar-refractivity contribution in [3.05, 3.63) is 51.6 Å². The minimum atomic E-state index is -0.0484. The molecular weight excluding hydrogens is 304 g/mol. The molecule has 3 aromatic rings. The fourth-order valence-electron chi connectivity index (χ4n) is 2.34. The Morgan fingerprint density at radius 1 is 1.19 bits per heavy atom. The fraction of sp³-hybridized carbons (Fsp3) is 0.250. The van der Waals surface area contributed by atoms with Gasteiger partial charge in [-0.3, -0.25) is 4.79 Å². The molecule has 0 saturated heterocycles. The smallest absolute Gasteiger partial charge is 0.267 e. The van der Waals surface area contributed by atoms with E-state index in [-0.39, 0.29) is 5.56 Å². The van der Waals surface area contributed by atoms with Crippen LogP contribution in [0.3, 0.4) is 0 Å². The molecule has 0 amide bonds. The van der Waals surface area contributed by atoms with E-state index in [1.807, 2.05) is 24.3 Å². The van der Waals surface area contributed by atoms with Crippen molar-refractivity contribution in [1.82, 2.24) is 9.78 Å². The van der Waals surface area contributed by atoms with Crippen molar-refractivity contribution in [3.63, 3.8) is 0 Å². The lowest BCUT2D eigenvalue weighted by Gasteiger charge is -2.09. The lowest BCUT2D eigenvalue weighted by Crippen LogP contribution is -2.24. The summed E-state index contributed by atoms with van der Waals surface area (Å²) in [5.74, 6) is 0.522. The average molecular weight is 319 g/mol. The zero-order chi connectivity index (χ0) is 14.8. The number of aryl methyl sites for hydroxylation is 2. The topological polar surface area (TPSA) is 34.9 Å². The number of halogens is 1. The second-order valence-electron chi connectivity index (χ2n) is 4.88. The van der Waals surface area contributed by atoms with Gasteiger partial charge in [0.25, 0.3) is 5.56 Å². The van der Waals surface area contributed by atoms with Crippen LogP contribution in [-0.2, 0) is 6.54 Å². The van der Waals surface area contributed by atoms with Gasteiger partial charge in [0.15, 0.2) is 0 Å². The first kappa shape index (κ1) is 14.3. The van der Waals surface area contributed by atoms with Gasteiger partial charge in [-0.25, -0.2) is 4.68 Å². The number of fused-ring (bicyclic) bond motifs is 1. The summed E-state index contributed by atoms with van der Waals surface area (Å²) in [6.45, 7) is 2.62. The van der Waals surface area contributed by atoms with Crippen LogP contribution in [0.1, 0.15) is 11.3 Å². The number of benzene rings is 1. The monoisotopic (exact) mass is 318 g/mol. The largest absolute Gasteiger partial charge is 0.274 e. The van der Waals surface area contributed by atoms with Crippen molar-refractivity contribution in [3.8, 4) is 10.6 Å². The van der Waals surface area contributed by atoms with E-state index in [2.05, 4.69) is 24.2 Å². The summed E-state index contributed by atoms with van der Waals surface area (Å²) in [7, 11) is 0. The standard InChI is InChI=1S/C16H15ClN2OS/c1-11-7-8-14(21-11)15-12-5-2-3-6-13(12)16(20)19(18-15)10-4-9-17/h2-3,5-8H,4,9-10H2,1H3. The van der Waals surface area contributed by atoms with Gasteiger partial charge < -0.3 is 0 Å². The Labute approximate surface area is 131 Å². The normalized spacial score (nSPS) is 11.1. The van der Waals surface area contributed by atoms with Crippen molar-refractivity contribution in [2.75, 3.05) is 5.88 Å². The van der Waals surface area contributed by atoms with Crippen molar-refractivity contribution in [2.24, 2.45) is 0 Å². The average Bonchev–Trinajstić information content (AvgIpc) is 2.93. The predicted octanol–water partition coefficient (Wildman–Crippen LogP) is 4.06. The van der Waals surface area contributed by atoms with Crippen molar-refractivity contribution < 1.29 is 0 Å². The molecule has 3 rings (SSSR count). The van der Waals surface area contributed by atoms with E-state index < -0.39 is 0 Å². The Morgan fingerprint density at radius 2 is 1.95 bits per heavy atom. The van der Waals surface area contributed by atoms with Crippen LogP contribution in [-0.4, -0.2) is 15.7 Å².